The van der Waals surface area contributed by atoms with E-state index in [-0.39, 0.29) is 35.3 Å². The summed E-state index contributed by atoms with van der Waals surface area (Å²) in [5.74, 6) is -0.993. The van der Waals surface area contributed by atoms with E-state index < -0.39 is 47.4 Å². The Labute approximate surface area is 240 Å². The number of carbonyl (C=O) groups is 1. The molecule has 2 atom stereocenters. The number of nitrogens with zero attached hydrogens (tertiary/aromatic N) is 1. The van der Waals surface area contributed by atoms with Crippen LogP contribution in [0.4, 0.5) is 17.6 Å². The number of hydrogen-bond donors (Lipinski definition) is 4. The Bertz CT molecular complexity index is 1420. The summed E-state index contributed by atoms with van der Waals surface area (Å²) < 4.78 is 68.3. The van der Waals surface area contributed by atoms with Crippen LogP contribution in [0.25, 0.3) is 11.3 Å². The number of rotatable bonds is 11. The van der Waals surface area contributed by atoms with E-state index in [1.54, 1.807) is 13.8 Å². The summed E-state index contributed by atoms with van der Waals surface area (Å²) >= 11 is 0. The maximum atomic E-state index is 14.5. The van der Waals surface area contributed by atoms with Crippen molar-refractivity contribution in [2.75, 3.05) is 13.2 Å². The molecule has 4 rings (SSSR count). The molecule has 0 saturated heterocycles. The molecule has 8 nitrogen and oxygen atoms in total. The third-order valence-corrected chi connectivity index (χ3v) is 6.61. The fourth-order valence-electron chi connectivity index (χ4n) is 3.96. The van der Waals surface area contributed by atoms with Gasteiger partial charge in [0.05, 0.1) is 30.1 Å². The molecule has 12 heteroatoms. The van der Waals surface area contributed by atoms with Crippen molar-refractivity contribution in [1.82, 2.24) is 10.3 Å². The number of alkyl halides is 3. The zero-order valence-corrected chi connectivity index (χ0v) is 23.3. The molecule has 1 aliphatic carbocycles. The van der Waals surface area contributed by atoms with Crippen LogP contribution in [0, 0.1) is 5.82 Å². The number of carbonyl (C=O) groups excluding carboxylic acids is 1. The van der Waals surface area contributed by atoms with Crippen molar-refractivity contribution in [1.29, 1.82) is 0 Å². The van der Waals surface area contributed by atoms with Gasteiger partial charge >= 0.3 is 6.18 Å². The summed E-state index contributed by atoms with van der Waals surface area (Å²) in [6.07, 6.45) is -4.37. The number of pyridine rings is 1. The Balaban J connectivity index is 1.66. The van der Waals surface area contributed by atoms with Gasteiger partial charge in [-0.15, -0.1) is 0 Å². The van der Waals surface area contributed by atoms with Crippen LogP contribution >= 0.6 is 0 Å². The fourth-order valence-corrected chi connectivity index (χ4v) is 3.96. The first kappa shape index (κ1) is 31.2. The Morgan fingerprint density at radius 2 is 1.76 bits per heavy atom. The molecule has 1 amide bonds. The SMILES string of the molecule is C[C@@H](O)COc1cc(C(=O)NCC(O)(c2cc(C(C)(C)N)cc(-c3ccc(F)cc3)n2)C(F)(F)F)ccc1OC1CC1. The molecule has 1 saturated carbocycles. The number of benzene rings is 2. The van der Waals surface area contributed by atoms with Crippen LogP contribution in [0.2, 0.25) is 0 Å². The highest BCUT2D eigenvalue weighted by Gasteiger charge is 2.56. The van der Waals surface area contributed by atoms with Crippen LogP contribution in [0.5, 0.6) is 11.5 Å². The number of halogens is 4. The quantitative estimate of drug-likeness (QED) is 0.241. The van der Waals surface area contributed by atoms with E-state index in [1.807, 2.05) is 0 Å². The minimum atomic E-state index is -5.27. The lowest BCUT2D eigenvalue weighted by Gasteiger charge is -2.32. The van der Waals surface area contributed by atoms with Crippen molar-refractivity contribution >= 4 is 5.91 Å². The van der Waals surface area contributed by atoms with Crippen LogP contribution in [-0.2, 0) is 11.1 Å². The smallest absolute Gasteiger partial charge is 0.424 e. The molecule has 1 aromatic heterocycles. The highest BCUT2D eigenvalue weighted by Crippen LogP contribution is 2.40. The number of nitrogens with two attached hydrogens (primary N) is 1. The molecule has 226 valence electrons. The van der Waals surface area contributed by atoms with Crippen molar-refractivity contribution < 1.29 is 42.0 Å². The van der Waals surface area contributed by atoms with Gasteiger partial charge in [0.15, 0.2) is 11.5 Å². The van der Waals surface area contributed by atoms with Crippen LogP contribution in [-0.4, -0.2) is 52.6 Å². The minimum Gasteiger partial charge on any atom is -0.487 e. The Morgan fingerprint density at radius 3 is 2.33 bits per heavy atom. The van der Waals surface area contributed by atoms with E-state index in [9.17, 15) is 32.6 Å². The fraction of sp³-hybridized carbons (Fsp3) is 0.400. The Kier molecular flexibility index (Phi) is 8.81. The van der Waals surface area contributed by atoms with Crippen LogP contribution < -0.4 is 20.5 Å². The molecule has 0 bridgehead atoms. The highest BCUT2D eigenvalue weighted by atomic mass is 19.4. The summed E-state index contributed by atoms with van der Waals surface area (Å²) in [5, 5.41) is 22.9. The van der Waals surface area contributed by atoms with Gasteiger partial charge in [-0.05, 0) is 93.8 Å². The number of hydrogen-bond acceptors (Lipinski definition) is 7. The number of aromatic nitrogens is 1. The zero-order valence-electron chi connectivity index (χ0n) is 23.3. The standard InChI is InChI=1S/C30H33F4N3O5/c1-17(38)15-41-25-12-19(6-11-24(25)42-22-9-10-22)27(39)36-16-29(40,30(32,33)34)26-14-20(28(2,3)35)13-23(37-26)18-4-7-21(31)8-5-18/h4-8,11-14,17,22,38,40H,9-10,15-16,35H2,1-3H3,(H,36,39)/t17-,29?/m1/s1. The lowest BCUT2D eigenvalue weighted by Crippen LogP contribution is -2.51. The number of nitrogens with one attached hydrogen (secondary N) is 1. The lowest BCUT2D eigenvalue weighted by atomic mass is 9.89. The van der Waals surface area contributed by atoms with E-state index in [2.05, 4.69) is 10.3 Å². The largest absolute Gasteiger partial charge is 0.487 e. The number of aliphatic hydroxyl groups excluding tert-OH is 1. The number of amides is 1. The molecular weight excluding hydrogens is 558 g/mol. The molecule has 1 aliphatic rings. The molecule has 0 spiro atoms. The Hall–Kier alpha value is -3.74. The minimum absolute atomic E-state index is 0.00179. The predicted molar refractivity (Wildman–Crippen MR) is 146 cm³/mol. The second-order valence-corrected chi connectivity index (χ2v) is 11.0. The summed E-state index contributed by atoms with van der Waals surface area (Å²) in [6.45, 7) is 3.28. The molecule has 1 unspecified atom stereocenters. The van der Waals surface area contributed by atoms with Gasteiger partial charge < -0.3 is 30.7 Å². The van der Waals surface area contributed by atoms with Crippen molar-refractivity contribution in [3.8, 4) is 22.8 Å². The van der Waals surface area contributed by atoms with Crippen LogP contribution in [0.15, 0.2) is 54.6 Å². The van der Waals surface area contributed by atoms with E-state index in [0.717, 1.165) is 31.0 Å². The van der Waals surface area contributed by atoms with Gasteiger partial charge in [-0.25, -0.2) is 9.37 Å². The lowest BCUT2D eigenvalue weighted by molar-refractivity contribution is -0.265. The molecule has 0 aliphatic heterocycles. The topological polar surface area (TPSA) is 127 Å². The van der Waals surface area contributed by atoms with Gasteiger partial charge in [0, 0.05) is 16.7 Å². The molecule has 3 aromatic rings. The van der Waals surface area contributed by atoms with Gasteiger partial charge in [0.2, 0.25) is 5.60 Å². The highest BCUT2D eigenvalue weighted by molar-refractivity contribution is 5.95. The zero-order chi connectivity index (χ0) is 30.9. The van der Waals surface area contributed by atoms with Gasteiger partial charge in [-0.1, -0.05) is 0 Å². The van der Waals surface area contributed by atoms with Crippen molar-refractivity contribution in [2.24, 2.45) is 5.73 Å². The van der Waals surface area contributed by atoms with E-state index in [4.69, 9.17) is 15.2 Å². The molecule has 0 radical (unpaired) electrons. The van der Waals surface area contributed by atoms with E-state index in [0.29, 0.717) is 11.3 Å². The van der Waals surface area contributed by atoms with Crippen LogP contribution in [0.1, 0.15) is 55.2 Å². The molecule has 5 N–H and O–H groups in total. The second kappa shape index (κ2) is 11.9. The van der Waals surface area contributed by atoms with Crippen molar-refractivity contribution in [3.05, 3.63) is 77.2 Å². The number of aliphatic hydroxyl groups is 2. The molecular formula is C30H33F4N3O5. The normalized spacial score (nSPS) is 16.0. The first-order valence-electron chi connectivity index (χ1n) is 13.3. The summed E-state index contributed by atoms with van der Waals surface area (Å²) in [7, 11) is 0. The molecule has 2 aromatic carbocycles. The van der Waals surface area contributed by atoms with Crippen LogP contribution in [0.3, 0.4) is 0 Å². The second-order valence-electron chi connectivity index (χ2n) is 11.0. The van der Waals surface area contributed by atoms with E-state index >= 15 is 0 Å². The van der Waals surface area contributed by atoms with Crippen molar-refractivity contribution in [3.63, 3.8) is 0 Å². The molecule has 1 heterocycles. The summed E-state index contributed by atoms with van der Waals surface area (Å²) in [6, 6.07) is 11.6. The average Bonchev–Trinajstić information content (AvgIpc) is 3.74. The van der Waals surface area contributed by atoms with E-state index in [1.165, 1.54) is 43.3 Å². The summed E-state index contributed by atoms with van der Waals surface area (Å²) in [4.78, 5) is 17.1. The maximum absolute atomic E-state index is 14.5. The predicted octanol–water partition coefficient (Wildman–Crippen LogP) is 4.56. The maximum Gasteiger partial charge on any atom is 0.424 e. The molecule has 42 heavy (non-hydrogen) atoms. The average molecular weight is 592 g/mol. The van der Waals surface area contributed by atoms with Gasteiger partial charge in [-0.3, -0.25) is 4.79 Å². The molecule has 1 fully saturated rings. The van der Waals surface area contributed by atoms with Gasteiger partial charge in [-0.2, -0.15) is 13.2 Å². The first-order valence-corrected chi connectivity index (χ1v) is 13.3. The third-order valence-electron chi connectivity index (χ3n) is 6.61. The van der Waals surface area contributed by atoms with Gasteiger partial charge in [0.1, 0.15) is 12.4 Å². The van der Waals surface area contributed by atoms with Gasteiger partial charge in [0.25, 0.3) is 5.91 Å². The monoisotopic (exact) mass is 591 g/mol. The number of ether oxygens (including phenoxy) is 2. The van der Waals surface area contributed by atoms with Crippen molar-refractivity contribution in [2.45, 2.75) is 63.1 Å². The first-order chi connectivity index (χ1) is 19.6. The third kappa shape index (κ3) is 7.36. The summed E-state index contributed by atoms with van der Waals surface area (Å²) in [5.41, 5.74) is 1.16. The Morgan fingerprint density at radius 1 is 1.10 bits per heavy atom.